The van der Waals surface area contributed by atoms with Gasteiger partial charge in [-0.3, -0.25) is 4.99 Å². The monoisotopic (exact) mass is 210 g/mol. The molecule has 1 N–H and O–H groups in total. The minimum Gasteiger partial charge on any atom is -0.381 e. The third-order valence-corrected chi connectivity index (χ3v) is 3.36. The highest BCUT2D eigenvalue weighted by Gasteiger charge is 2.17. The molecule has 0 radical (unpaired) electrons. The third-order valence-electron chi connectivity index (χ3n) is 3.36. The van der Waals surface area contributed by atoms with Gasteiger partial charge in [-0.1, -0.05) is 0 Å². The van der Waals surface area contributed by atoms with Gasteiger partial charge in [-0.15, -0.1) is 0 Å². The number of hydrogen-bond acceptors (Lipinski definition) is 3. The molecule has 0 aliphatic carbocycles. The van der Waals surface area contributed by atoms with Crippen molar-refractivity contribution in [1.29, 1.82) is 0 Å². The maximum Gasteiger partial charge on any atom is 0.0539 e. The molecule has 3 heteroatoms. The topological polar surface area (TPSA) is 33.6 Å². The first-order valence-corrected chi connectivity index (χ1v) is 6.19. The van der Waals surface area contributed by atoms with Crippen LogP contribution in [0.5, 0.6) is 0 Å². The summed E-state index contributed by atoms with van der Waals surface area (Å²) in [7, 11) is 0. The van der Waals surface area contributed by atoms with E-state index in [4.69, 9.17) is 9.73 Å². The van der Waals surface area contributed by atoms with E-state index >= 15 is 0 Å². The van der Waals surface area contributed by atoms with Crippen LogP contribution in [0.1, 0.15) is 32.6 Å². The lowest BCUT2D eigenvalue weighted by Gasteiger charge is -2.26. The highest BCUT2D eigenvalue weighted by Crippen LogP contribution is 2.16. The number of ether oxygens (including phenoxy) is 1. The first-order chi connectivity index (χ1) is 7.34. The van der Waals surface area contributed by atoms with Gasteiger partial charge >= 0.3 is 0 Å². The summed E-state index contributed by atoms with van der Waals surface area (Å²) in [5.74, 6) is 0.698. The van der Waals surface area contributed by atoms with Crippen LogP contribution in [0, 0.1) is 5.92 Å². The van der Waals surface area contributed by atoms with Gasteiger partial charge in [0, 0.05) is 25.5 Å². The van der Waals surface area contributed by atoms with E-state index in [0.717, 1.165) is 32.6 Å². The van der Waals surface area contributed by atoms with Crippen molar-refractivity contribution in [3.8, 4) is 0 Å². The maximum absolute atomic E-state index is 5.32. The van der Waals surface area contributed by atoms with Crippen molar-refractivity contribution in [2.45, 2.75) is 44.7 Å². The number of rotatable bonds is 2. The molecule has 2 heterocycles. The normalized spacial score (nSPS) is 34.7. The predicted octanol–water partition coefficient (Wildman–Crippen LogP) is 1.62. The third kappa shape index (κ3) is 3.58. The molecule has 3 nitrogen and oxygen atoms in total. The van der Waals surface area contributed by atoms with Crippen molar-refractivity contribution in [2.24, 2.45) is 10.9 Å². The van der Waals surface area contributed by atoms with Crippen LogP contribution in [-0.4, -0.2) is 38.1 Å². The van der Waals surface area contributed by atoms with E-state index in [1.807, 2.05) is 0 Å². The molecule has 2 aliphatic rings. The smallest absolute Gasteiger partial charge is 0.0539 e. The summed E-state index contributed by atoms with van der Waals surface area (Å²) in [6.45, 7) is 5.19. The van der Waals surface area contributed by atoms with Gasteiger partial charge in [0.1, 0.15) is 0 Å². The van der Waals surface area contributed by atoms with E-state index in [1.54, 1.807) is 0 Å². The van der Waals surface area contributed by atoms with Gasteiger partial charge in [-0.25, -0.2) is 0 Å². The van der Waals surface area contributed by atoms with Crippen LogP contribution in [0.25, 0.3) is 0 Å². The van der Waals surface area contributed by atoms with Gasteiger partial charge in [-0.2, -0.15) is 0 Å². The Hall–Kier alpha value is -0.410. The first-order valence-electron chi connectivity index (χ1n) is 6.19. The molecular formula is C12H22N2O. The number of hydrogen-bond donors (Lipinski definition) is 1. The molecule has 0 saturated carbocycles. The van der Waals surface area contributed by atoms with Crippen LogP contribution in [-0.2, 0) is 4.74 Å². The van der Waals surface area contributed by atoms with Crippen molar-refractivity contribution in [2.75, 3.05) is 19.8 Å². The van der Waals surface area contributed by atoms with Gasteiger partial charge in [0.2, 0.25) is 0 Å². The molecule has 1 unspecified atom stereocenters. The zero-order valence-corrected chi connectivity index (χ0v) is 9.61. The Kier molecular flexibility index (Phi) is 4.15. The molecule has 86 valence electrons. The highest BCUT2D eigenvalue weighted by molar-refractivity contribution is 5.61. The summed E-state index contributed by atoms with van der Waals surface area (Å²) >= 11 is 0. The molecule has 2 aliphatic heterocycles. The standard InChI is InChI=1S/C12H22N2O/c1-10-8-11(2-5-13-10)9-14-12-3-6-15-7-4-12/h9-13H,2-8H2,1H3/t10-,11?/m0/s1. The van der Waals surface area contributed by atoms with E-state index in [1.165, 1.54) is 12.8 Å². The molecule has 0 amide bonds. The molecule has 0 aromatic carbocycles. The number of nitrogens with zero attached hydrogens (tertiary/aromatic N) is 1. The van der Waals surface area contributed by atoms with Crippen molar-refractivity contribution in [1.82, 2.24) is 5.32 Å². The fourth-order valence-electron chi connectivity index (χ4n) is 2.38. The molecule has 2 fully saturated rings. The molecule has 2 saturated heterocycles. The molecule has 0 bridgehead atoms. The Labute approximate surface area is 92.3 Å². The lowest BCUT2D eigenvalue weighted by atomic mass is 9.94. The van der Waals surface area contributed by atoms with Crippen LogP contribution in [0.15, 0.2) is 4.99 Å². The molecule has 0 spiro atoms. The number of aliphatic imine (C=N–C) groups is 1. The Morgan fingerprint density at radius 3 is 2.80 bits per heavy atom. The Morgan fingerprint density at radius 1 is 1.27 bits per heavy atom. The van der Waals surface area contributed by atoms with Crippen LogP contribution in [0.3, 0.4) is 0 Å². The fourth-order valence-corrected chi connectivity index (χ4v) is 2.38. The number of piperidine rings is 1. The zero-order valence-electron chi connectivity index (χ0n) is 9.61. The predicted molar refractivity (Wildman–Crippen MR) is 62.5 cm³/mol. The summed E-state index contributed by atoms with van der Waals surface area (Å²) < 4.78 is 5.32. The Morgan fingerprint density at radius 2 is 2.07 bits per heavy atom. The van der Waals surface area contributed by atoms with Gasteiger partial charge in [0.05, 0.1) is 6.04 Å². The molecule has 2 atom stereocenters. The molecular weight excluding hydrogens is 188 g/mol. The number of nitrogens with one attached hydrogen (secondary N) is 1. The van der Waals surface area contributed by atoms with Crippen molar-refractivity contribution >= 4 is 6.21 Å². The van der Waals surface area contributed by atoms with Crippen molar-refractivity contribution in [3.63, 3.8) is 0 Å². The SMILES string of the molecule is C[C@H]1CC(C=NC2CCOCC2)CCN1. The molecule has 0 aromatic heterocycles. The van der Waals surface area contributed by atoms with E-state index in [-0.39, 0.29) is 0 Å². The van der Waals surface area contributed by atoms with E-state index < -0.39 is 0 Å². The van der Waals surface area contributed by atoms with Crippen LogP contribution >= 0.6 is 0 Å². The van der Waals surface area contributed by atoms with Crippen LogP contribution < -0.4 is 5.32 Å². The lowest BCUT2D eigenvalue weighted by molar-refractivity contribution is 0.0871. The maximum atomic E-state index is 5.32. The summed E-state index contributed by atoms with van der Waals surface area (Å²) in [6, 6.07) is 1.19. The van der Waals surface area contributed by atoms with Crippen molar-refractivity contribution < 1.29 is 4.74 Å². The van der Waals surface area contributed by atoms with Crippen molar-refractivity contribution in [3.05, 3.63) is 0 Å². The van der Waals surface area contributed by atoms with Gasteiger partial charge in [0.25, 0.3) is 0 Å². The first kappa shape index (κ1) is 11.1. The highest BCUT2D eigenvalue weighted by atomic mass is 16.5. The molecule has 15 heavy (non-hydrogen) atoms. The van der Waals surface area contributed by atoms with E-state index in [0.29, 0.717) is 18.0 Å². The largest absolute Gasteiger partial charge is 0.381 e. The van der Waals surface area contributed by atoms with Gasteiger partial charge in [-0.05, 0) is 45.1 Å². The van der Waals surface area contributed by atoms with Gasteiger partial charge < -0.3 is 10.1 Å². The zero-order chi connectivity index (χ0) is 10.5. The Balaban J connectivity index is 1.76. The quantitative estimate of drug-likeness (QED) is 0.703. The van der Waals surface area contributed by atoms with E-state index in [2.05, 4.69) is 18.5 Å². The fraction of sp³-hybridized carbons (Fsp3) is 0.917. The average Bonchev–Trinajstić information content (AvgIpc) is 2.28. The van der Waals surface area contributed by atoms with Crippen LogP contribution in [0.2, 0.25) is 0 Å². The molecule has 0 aromatic rings. The minimum atomic E-state index is 0.531. The second-order valence-electron chi connectivity index (χ2n) is 4.78. The lowest BCUT2D eigenvalue weighted by Crippen LogP contribution is -2.36. The van der Waals surface area contributed by atoms with E-state index in [9.17, 15) is 0 Å². The van der Waals surface area contributed by atoms with Crippen LogP contribution in [0.4, 0.5) is 0 Å². The second-order valence-corrected chi connectivity index (χ2v) is 4.78. The second kappa shape index (κ2) is 5.61. The van der Waals surface area contributed by atoms with Gasteiger partial charge in [0.15, 0.2) is 0 Å². The Bertz CT molecular complexity index is 212. The minimum absolute atomic E-state index is 0.531. The summed E-state index contributed by atoms with van der Waals surface area (Å²) in [5.41, 5.74) is 0. The molecule has 2 rings (SSSR count). The average molecular weight is 210 g/mol. The summed E-state index contributed by atoms with van der Waals surface area (Å²) in [5, 5.41) is 3.47. The summed E-state index contributed by atoms with van der Waals surface area (Å²) in [6.07, 6.45) is 6.92. The summed E-state index contributed by atoms with van der Waals surface area (Å²) in [4.78, 5) is 4.71.